The molecule has 0 saturated carbocycles. The Hall–Kier alpha value is -4.73. The summed E-state index contributed by atoms with van der Waals surface area (Å²) in [6.07, 6.45) is 0.854. The zero-order valence-corrected chi connectivity index (χ0v) is 23.8. The molecule has 236 valence electrons. The van der Waals surface area contributed by atoms with Crippen molar-refractivity contribution in [2.24, 2.45) is 22.2 Å². The summed E-state index contributed by atoms with van der Waals surface area (Å²) in [5, 5.41) is 21.9. The lowest BCUT2D eigenvalue weighted by Gasteiger charge is -2.26. The lowest BCUT2D eigenvalue weighted by molar-refractivity contribution is -0.141. The SMILES string of the molecule is NCCCCC1NC(=O)C(CCCN=C(N)N)NC(=O)CNC(=O)C(CC(=O)O)NC(=O)C(Cc2ccccc2)NC1=O. The van der Waals surface area contributed by atoms with E-state index in [9.17, 15) is 33.9 Å². The molecule has 4 atom stereocenters. The average Bonchev–Trinajstić information content (AvgIpc) is 2.95. The molecule has 0 bridgehead atoms. The van der Waals surface area contributed by atoms with Crippen LogP contribution in [0, 0.1) is 0 Å². The number of nitrogens with one attached hydrogen (secondary N) is 5. The van der Waals surface area contributed by atoms with Crippen LogP contribution in [0.1, 0.15) is 44.1 Å². The number of aliphatic imine (C=N–C) groups is 1. The maximum atomic E-state index is 13.5. The minimum atomic E-state index is -1.55. The Balaban J connectivity index is 2.44. The second-order valence-corrected chi connectivity index (χ2v) is 10.0. The minimum absolute atomic E-state index is 0.0107. The third-order valence-electron chi connectivity index (χ3n) is 6.53. The molecule has 2 rings (SSSR count). The molecular weight excluding hydrogens is 562 g/mol. The van der Waals surface area contributed by atoms with Crippen molar-refractivity contribution in [3.63, 3.8) is 0 Å². The summed E-state index contributed by atoms with van der Waals surface area (Å²) in [7, 11) is 0. The Labute approximate surface area is 249 Å². The molecule has 12 N–H and O–H groups in total. The first-order valence-corrected chi connectivity index (χ1v) is 14.0. The number of nitrogens with zero attached hydrogens (tertiary/aromatic N) is 1. The van der Waals surface area contributed by atoms with Crippen molar-refractivity contribution in [2.75, 3.05) is 19.6 Å². The van der Waals surface area contributed by atoms with Crippen molar-refractivity contribution in [3.05, 3.63) is 35.9 Å². The Bertz CT molecular complexity index is 1160. The van der Waals surface area contributed by atoms with E-state index < -0.39 is 72.6 Å². The number of carboxylic acids is 1. The standard InChI is InChI=1S/C27H41N9O7/c28-11-5-4-9-18-25(42)35-19(13-16-7-2-1-3-8-16)26(43)36-20(14-22(38)39)23(40)32-15-21(37)33-17(24(41)34-18)10-6-12-31-27(29)30/h1-3,7-8,17-20H,4-6,9-15,28H2,(H,32,40)(H,33,37)(H,34,41)(H,35,42)(H,36,43)(H,38,39)(H4,29,30,31). The second-order valence-electron chi connectivity index (χ2n) is 10.0. The van der Waals surface area contributed by atoms with Gasteiger partial charge in [0.05, 0.1) is 13.0 Å². The Morgan fingerprint density at radius 3 is 2.00 bits per heavy atom. The molecule has 4 unspecified atom stereocenters. The van der Waals surface area contributed by atoms with Crippen LogP contribution in [0.4, 0.5) is 0 Å². The van der Waals surface area contributed by atoms with Crippen LogP contribution in [-0.4, -0.2) is 90.4 Å². The number of amides is 5. The molecule has 5 amide bonds. The molecule has 1 fully saturated rings. The van der Waals surface area contributed by atoms with E-state index in [1.807, 2.05) is 0 Å². The molecule has 0 spiro atoms. The fraction of sp³-hybridized carbons (Fsp3) is 0.519. The largest absolute Gasteiger partial charge is 0.481 e. The van der Waals surface area contributed by atoms with E-state index in [0.29, 0.717) is 31.4 Å². The third kappa shape index (κ3) is 12.8. The molecule has 1 aliphatic heterocycles. The number of carbonyl (C=O) groups excluding carboxylic acids is 5. The van der Waals surface area contributed by atoms with Crippen LogP contribution in [0.3, 0.4) is 0 Å². The maximum Gasteiger partial charge on any atom is 0.305 e. The number of rotatable bonds is 12. The van der Waals surface area contributed by atoms with Gasteiger partial charge in [0.2, 0.25) is 29.5 Å². The fourth-order valence-corrected chi connectivity index (χ4v) is 4.33. The Morgan fingerprint density at radius 1 is 0.791 bits per heavy atom. The van der Waals surface area contributed by atoms with Crippen LogP contribution in [0.15, 0.2) is 35.3 Å². The van der Waals surface area contributed by atoms with Gasteiger partial charge in [0, 0.05) is 13.0 Å². The van der Waals surface area contributed by atoms with Crippen molar-refractivity contribution in [1.82, 2.24) is 26.6 Å². The van der Waals surface area contributed by atoms with Crippen molar-refractivity contribution in [2.45, 2.75) is 69.1 Å². The van der Waals surface area contributed by atoms with Gasteiger partial charge in [0.25, 0.3) is 0 Å². The summed E-state index contributed by atoms with van der Waals surface area (Å²) in [5.74, 6) is -5.36. The quantitative estimate of drug-likeness (QED) is 0.0661. The highest BCUT2D eigenvalue weighted by atomic mass is 16.4. The number of unbranched alkanes of at least 4 members (excludes halogenated alkanes) is 1. The Kier molecular flexibility index (Phi) is 14.4. The van der Waals surface area contributed by atoms with Gasteiger partial charge in [-0.25, -0.2) is 0 Å². The van der Waals surface area contributed by atoms with Crippen LogP contribution in [0.25, 0.3) is 0 Å². The van der Waals surface area contributed by atoms with Gasteiger partial charge < -0.3 is 48.9 Å². The number of aliphatic carboxylic acids is 1. The van der Waals surface area contributed by atoms with E-state index in [0.717, 1.165) is 0 Å². The first-order valence-electron chi connectivity index (χ1n) is 14.0. The predicted octanol–water partition coefficient (Wildman–Crippen LogP) is -3.04. The molecule has 1 saturated heterocycles. The molecule has 0 aliphatic carbocycles. The molecule has 16 heteroatoms. The topological polar surface area (TPSA) is 273 Å². The highest BCUT2D eigenvalue weighted by Crippen LogP contribution is 2.09. The van der Waals surface area contributed by atoms with Crippen LogP contribution >= 0.6 is 0 Å². The van der Waals surface area contributed by atoms with Gasteiger partial charge in [0.15, 0.2) is 5.96 Å². The average molecular weight is 604 g/mol. The highest BCUT2D eigenvalue weighted by molar-refractivity contribution is 5.98. The summed E-state index contributed by atoms with van der Waals surface area (Å²) >= 11 is 0. The first-order chi connectivity index (χ1) is 20.5. The highest BCUT2D eigenvalue weighted by Gasteiger charge is 2.33. The summed E-state index contributed by atoms with van der Waals surface area (Å²) < 4.78 is 0. The van der Waals surface area contributed by atoms with Crippen LogP contribution in [0.2, 0.25) is 0 Å². The summed E-state index contributed by atoms with van der Waals surface area (Å²) in [6.45, 7) is -0.0746. The lowest BCUT2D eigenvalue weighted by Crippen LogP contribution is -2.58. The third-order valence-corrected chi connectivity index (χ3v) is 6.53. The maximum absolute atomic E-state index is 13.5. The van der Waals surface area contributed by atoms with Crippen molar-refractivity contribution >= 4 is 41.5 Å². The summed E-state index contributed by atoms with van der Waals surface area (Å²) in [5.41, 5.74) is 17.0. The van der Waals surface area contributed by atoms with Crippen molar-refractivity contribution < 1.29 is 33.9 Å². The number of benzene rings is 1. The zero-order valence-electron chi connectivity index (χ0n) is 23.8. The van der Waals surface area contributed by atoms with Gasteiger partial charge in [-0.3, -0.25) is 33.8 Å². The normalized spacial score (nSPS) is 22.0. The minimum Gasteiger partial charge on any atom is -0.481 e. The molecule has 16 nitrogen and oxygen atoms in total. The smallest absolute Gasteiger partial charge is 0.305 e. The van der Waals surface area contributed by atoms with Crippen LogP contribution in [0.5, 0.6) is 0 Å². The lowest BCUT2D eigenvalue weighted by atomic mass is 10.0. The molecule has 43 heavy (non-hydrogen) atoms. The van der Waals surface area contributed by atoms with E-state index in [2.05, 4.69) is 31.6 Å². The van der Waals surface area contributed by atoms with Gasteiger partial charge in [-0.2, -0.15) is 0 Å². The van der Waals surface area contributed by atoms with E-state index in [1.165, 1.54) is 0 Å². The molecule has 0 aromatic heterocycles. The van der Waals surface area contributed by atoms with Gasteiger partial charge in [-0.1, -0.05) is 30.3 Å². The first kappa shape index (κ1) is 34.5. The van der Waals surface area contributed by atoms with Gasteiger partial charge >= 0.3 is 5.97 Å². The number of carboxylic acid groups (broad SMARTS) is 1. The van der Waals surface area contributed by atoms with Crippen LogP contribution in [-0.2, 0) is 35.2 Å². The van der Waals surface area contributed by atoms with E-state index in [-0.39, 0.29) is 31.8 Å². The number of nitrogens with two attached hydrogens (primary N) is 3. The number of hydrogen-bond donors (Lipinski definition) is 9. The fourth-order valence-electron chi connectivity index (χ4n) is 4.33. The van der Waals surface area contributed by atoms with Crippen LogP contribution < -0.4 is 43.8 Å². The van der Waals surface area contributed by atoms with Crippen molar-refractivity contribution in [1.29, 1.82) is 0 Å². The van der Waals surface area contributed by atoms with Gasteiger partial charge in [0.1, 0.15) is 24.2 Å². The zero-order chi connectivity index (χ0) is 31.8. The van der Waals surface area contributed by atoms with E-state index >= 15 is 0 Å². The summed E-state index contributed by atoms with van der Waals surface area (Å²) in [4.78, 5) is 81.1. The van der Waals surface area contributed by atoms with Crippen molar-refractivity contribution in [3.8, 4) is 0 Å². The Morgan fingerprint density at radius 2 is 1.37 bits per heavy atom. The predicted molar refractivity (Wildman–Crippen MR) is 156 cm³/mol. The van der Waals surface area contributed by atoms with E-state index in [1.54, 1.807) is 30.3 Å². The number of guanidine groups is 1. The summed E-state index contributed by atoms with van der Waals surface area (Å²) in [6, 6.07) is 3.75. The molecule has 1 aromatic carbocycles. The number of carbonyl (C=O) groups is 6. The monoisotopic (exact) mass is 603 g/mol. The molecule has 1 aromatic rings. The molecule has 1 aliphatic rings. The van der Waals surface area contributed by atoms with Gasteiger partial charge in [-0.15, -0.1) is 0 Å². The molecule has 1 heterocycles. The molecule has 0 radical (unpaired) electrons. The number of hydrogen-bond acceptors (Lipinski definition) is 8. The van der Waals surface area contributed by atoms with E-state index in [4.69, 9.17) is 17.2 Å². The van der Waals surface area contributed by atoms with Gasteiger partial charge in [-0.05, 0) is 44.2 Å². The molecular formula is C27H41N9O7. The second kappa shape index (κ2) is 17.9.